The Hall–Kier alpha value is -0.0400. The fourth-order valence-corrected chi connectivity index (χ4v) is 2.98. The van der Waals surface area contributed by atoms with Crippen LogP contribution in [-0.4, -0.2) is 39.8 Å². The Morgan fingerprint density at radius 1 is 0.562 bits per heavy atom. The van der Waals surface area contributed by atoms with Gasteiger partial charge in [-0.15, -0.1) is 0 Å². The molecule has 2 aliphatic rings. The van der Waals surface area contributed by atoms with Gasteiger partial charge in [0.05, 0.1) is 23.0 Å². The van der Waals surface area contributed by atoms with Gasteiger partial charge in [0.15, 0.2) is 19.7 Å². The Morgan fingerprint density at radius 3 is 0.812 bits per heavy atom. The van der Waals surface area contributed by atoms with Crippen LogP contribution in [0.5, 0.6) is 0 Å². The first-order valence-corrected chi connectivity index (χ1v) is 7.76. The van der Waals surface area contributed by atoms with Crippen LogP contribution in [0.3, 0.4) is 0 Å². The standard InChI is InChI=1S/2C4H6O2S.2ClH/c2*5-7(6)3-1-2-4-7;;/h2*1-2H,3-4H2;2*1H/p-2. The predicted octanol–water partition coefficient (Wildman–Crippen LogP) is -6.05. The van der Waals surface area contributed by atoms with Gasteiger partial charge < -0.3 is 24.8 Å². The van der Waals surface area contributed by atoms with Crippen molar-refractivity contribution in [2.75, 3.05) is 23.0 Å². The molecule has 0 radical (unpaired) electrons. The van der Waals surface area contributed by atoms with Gasteiger partial charge in [0, 0.05) is 0 Å². The van der Waals surface area contributed by atoms with Crippen molar-refractivity contribution in [3.8, 4) is 0 Å². The summed E-state index contributed by atoms with van der Waals surface area (Å²) in [6, 6.07) is 0. The lowest BCUT2D eigenvalue weighted by atomic mass is 10.6. The molecule has 0 fully saturated rings. The molecule has 0 saturated heterocycles. The highest BCUT2D eigenvalue weighted by Gasteiger charge is 2.10. The van der Waals surface area contributed by atoms with E-state index in [0.29, 0.717) is 0 Å². The zero-order valence-corrected chi connectivity index (χ0v) is 11.5. The zero-order chi connectivity index (χ0) is 10.7. The Morgan fingerprint density at radius 2 is 0.750 bits per heavy atom. The van der Waals surface area contributed by atoms with E-state index in [1.54, 1.807) is 24.3 Å². The summed E-state index contributed by atoms with van der Waals surface area (Å²) in [7, 11) is -5.31. The lowest BCUT2D eigenvalue weighted by molar-refractivity contribution is -0.001000. The van der Waals surface area contributed by atoms with E-state index in [9.17, 15) is 16.8 Å². The fourth-order valence-electron chi connectivity index (χ4n) is 0.995. The molecule has 0 atom stereocenters. The van der Waals surface area contributed by atoms with Crippen molar-refractivity contribution >= 4 is 19.7 Å². The van der Waals surface area contributed by atoms with Crippen molar-refractivity contribution in [3.63, 3.8) is 0 Å². The van der Waals surface area contributed by atoms with Gasteiger partial charge in [0.25, 0.3) is 0 Å². The molecule has 4 nitrogen and oxygen atoms in total. The van der Waals surface area contributed by atoms with Gasteiger partial charge in [-0.2, -0.15) is 0 Å². The predicted molar refractivity (Wildman–Crippen MR) is 55.6 cm³/mol. The second kappa shape index (κ2) is 7.32. The van der Waals surface area contributed by atoms with E-state index in [1.807, 2.05) is 0 Å². The summed E-state index contributed by atoms with van der Waals surface area (Å²) in [6.45, 7) is 0. The molecule has 0 aromatic rings. The molecule has 0 bridgehead atoms. The second-order valence-electron chi connectivity index (χ2n) is 3.10. The minimum absolute atomic E-state index is 0. The first-order valence-electron chi connectivity index (χ1n) is 4.12. The molecule has 0 aliphatic carbocycles. The number of sulfone groups is 2. The molecule has 2 aliphatic heterocycles. The van der Waals surface area contributed by atoms with Gasteiger partial charge in [-0.25, -0.2) is 16.8 Å². The van der Waals surface area contributed by atoms with Gasteiger partial charge in [-0.3, -0.25) is 0 Å². The average Bonchev–Trinajstić information content (AvgIpc) is 2.60. The van der Waals surface area contributed by atoms with Gasteiger partial charge in [-0.1, -0.05) is 24.3 Å². The smallest absolute Gasteiger partial charge is 0.157 e. The van der Waals surface area contributed by atoms with Crippen LogP contribution >= 0.6 is 0 Å². The van der Waals surface area contributed by atoms with Crippen LogP contribution in [0, 0.1) is 0 Å². The molecular weight excluding hydrogens is 295 g/mol. The molecule has 2 rings (SSSR count). The van der Waals surface area contributed by atoms with E-state index in [2.05, 4.69) is 0 Å². The Bertz CT molecular complexity index is 376. The van der Waals surface area contributed by atoms with E-state index in [4.69, 9.17) is 0 Å². The molecular formula is C8H12Cl2O4S2-2. The second-order valence-corrected chi connectivity index (χ2v) is 7.40. The van der Waals surface area contributed by atoms with Crippen molar-refractivity contribution in [2.45, 2.75) is 0 Å². The average molecular weight is 307 g/mol. The van der Waals surface area contributed by atoms with Crippen molar-refractivity contribution in [1.29, 1.82) is 0 Å². The molecule has 16 heavy (non-hydrogen) atoms. The van der Waals surface area contributed by atoms with Gasteiger partial charge in [-0.05, 0) is 0 Å². The monoisotopic (exact) mass is 306 g/mol. The van der Waals surface area contributed by atoms with Crippen LogP contribution in [0.1, 0.15) is 0 Å². The maximum atomic E-state index is 10.4. The summed E-state index contributed by atoms with van der Waals surface area (Å²) in [6.07, 6.45) is 6.70. The molecule has 0 unspecified atom stereocenters. The third-order valence-electron chi connectivity index (χ3n) is 1.73. The summed E-state index contributed by atoms with van der Waals surface area (Å²) in [5.74, 6) is 0.972. The topological polar surface area (TPSA) is 68.3 Å². The summed E-state index contributed by atoms with van der Waals surface area (Å²) in [4.78, 5) is 0. The highest BCUT2D eigenvalue weighted by molar-refractivity contribution is 7.92. The third kappa shape index (κ3) is 7.27. The molecule has 2 heterocycles. The van der Waals surface area contributed by atoms with E-state index in [0.717, 1.165) is 0 Å². The van der Waals surface area contributed by atoms with Crippen LogP contribution in [0.15, 0.2) is 24.3 Å². The number of hydrogen-bond acceptors (Lipinski definition) is 4. The minimum atomic E-state index is -2.66. The molecule has 0 aromatic heterocycles. The minimum Gasteiger partial charge on any atom is -1.00 e. The van der Waals surface area contributed by atoms with Crippen LogP contribution in [0.2, 0.25) is 0 Å². The molecule has 0 saturated carbocycles. The van der Waals surface area contributed by atoms with Crippen molar-refractivity contribution in [2.24, 2.45) is 0 Å². The number of halogens is 2. The molecule has 0 amide bonds. The fraction of sp³-hybridized carbons (Fsp3) is 0.500. The Labute approximate surface area is 108 Å². The van der Waals surface area contributed by atoms with Crippen molar-refractivity contribution < 1.29 is 41.6 Å². The van der Waals surface area contributed by atoms with E-state index < -0.39 is 19.7 Å². The van der Waals surface area contributed by atoms with Gasteiger partial charge in [0.1, 0.15) is 0 Å². The highest BCUT2D eigenvalue weighted by atomic mass is 35.5. The van der Waals surface area contributed by atoms with Gasteiger partial charge >= 0.3 is 0 Å². The lowest BCUT2D eigenvalue weighted by Crippen LogP contribution is -3.00. The highest BCUT2D eigenvalue weighted by Crippen LogP contribution is 1.99. The Kier molecular flexibility index (Phi) is 8.38. The van der Waals surface area contributed by atoms with Crippen LogP contribution in [-0.2, 0) is 19.7 Å². The molecule has 0 spiro atoms. The van der Waals surface area contributed by atoms with E-state index in [1.165, 1.54) is 0 Å². The maximum Gasteiger partial charge on any atom is 0.157 e. The van der Waals surface area contributed by atoms with Crippen molar-refractivity contribution in [1.82, 2.24) is 0 Å². The van der Waals surface area contributed by atoms with Crippen LogP contribution in [0.4, 0.5) is 0 Å². The normalized spacial score (nSPS) is 22.5. The summed E-state index contributed by atoms with van der Waals surface area (Å²) < 4.78 is 41.5. The third-order valence-corrected chi connectivity index (χ3v) is 4.54. The largest absolute Gasteiger partial charge is 1.00 e. The Balaban J connectivity index is 0. The quantitative estimate of drug-likeness (QED) is 0.418. The van der Waals surface area contributed by atoms with Crippen molar-refractivity contribution in [3.05, 3.63) is 24.3 Å². The molecule has 0 N–H and O–H groups in total. The SMILES string of the molecule is O=S1(=O)CC=CC1.O=S1(=O)CC=CC1.[Cl-].[Cl-]. The summed E-state index contributed by atoms with van der Waals surface area (Å²) in [5.41, 5.74) is 0. The first kappa shape index (κ1) is 18.3. The summed E-state index contributed by atoms with van der Waals surface area (Å²) >= 11 is 0. The van der Waals surface area contributed by atoms with E-state index in [-0.39, 0.29) is 47.8 Å². The number of rotatable bonds is 0. The van der Waals surface area contributed by atoms with Crippen LogP contribution in [0.25, 0.3) is 0 Å². The molecule has 8 heteroatoms. The lowest BCUT2D eigenvalue weighted by Gasteiger charge is -1.82. The maximum absolute atomic E-state index is 10.4. The van der Waals surface area contributed by atoms with E-state index >= 15 is 0 Å². The first-order chi connectivity index (χ1) is 6.41. The van der Waals surface area contributed by atoms with Crippen LogP contribution < -0.4 is 24.8 Å². The summed E-state index contributed by atoms with van der Waals surface area (Å²) in [5, 5.41) is 0. The molecule has 0 aromatic carbocycles. The number of hydrogen-bond donors (Lipinski definition) is 0. The zero-order valence-electron chi connectivity index (χ0n) is 8.34. The molecule has 96 valence electrons. The van der Waals surface area contributed by atoms with Gasteiger partial charge in [0.2, 0.25) is 0 Å².